The lowest BCUT2D eigenvalue weighted by atomic mass is 9.88. The summed E-state index contributed by atoms with van der Waals surface area (Å²) in [5, 5.41) is 5.91. The fraction of sp³-hybridized carbons (Fsp3) is 0.562. The Morgan fingerprint density at radius 1 is 1.36 bits per heavy atom. The molecule has 0 spiro atoms. The van der Waals surface area contributed by atoms with E-state index in [1.165, 1.54) is 0 Å². The van der Waals surface area contributed by atoms with Crippen LogP contribution in [-0.4, -0.2) is 56.6 Å². The van der Waals surface area contributed by atoms with Crippen molar-refractivity contribution in [2.75, 3.05) is 45.4 Å². The molecular weight excluding hydrogens is 298 g/mol. The number of benzene rings is 1. The lowest BCUT2D eigenvalue weighted by Crippen LogP contribution is -2.56. The van der Waals surface area contributed by atoms with E-state index in [1.807, 2.05) is 30.5 Å². The molecule has 2 rings (SSSR count). The number of amides is 2. The Bertz CT molecular complexity index is 502. The summed E-state index contributed by atoms with van der Waals surface area (Å²) in [7, 11) is 4.12. The monoisotopic (exact) mass is 323 g/mol. The number of nitrogens with zero attached hydrogens (tertiary/aromatic N) is 1. The van der Waals surface area contributed by atoms with Crippen molar-refractivity contribution in [3.8, 4) is 0 Å². The molecule has 0 aliphatic carbocycles. The van der Waals surface area contributed by atoms with Crippen molar-refractivity contribution in [2.45, 2.75) is 23.3 Å². The van der Waals surface area contributed by atoms with Gasteiger partial charge in [-0.3, -0.25) is 0 Å². The zero-order valence-electron chi connectivity index (χ0n) is 13.5. The third-order valence-corrected chi connectivity index (χ3v) is 5.00. The summed E-state index contributed by atoms with van der Waals surface area (Å²) >= 11 is 1.66. The standard InChI is InChI=1S/C16H25N3O2S/c1-19(2)16(7-9-21-10-8-16)12-17-15(20)18-13-5-4-6-14(11-13)22-3/h4-6,11H,7-10,12H2,1-3H3,(H2,17,18,20). The maximum absolute atomic E-state index is 12.1. The summed E-state index contributed by atoms with van der Waals surface area (Å²) in [4.78, 5) is 15.5. The van der Waals surface area contributed by atoms with E-state index in [-0.39, 0.29) is 11.6 Å². The molecule has 1 aliphatic heterocycles. The third kappa shape index (κ3) is 4.38. The Balaban J connectivity index is 1.90. The van der Waals surface area contributed by atoms with Gasteiger partial charge in [-0.25, -0.2) is 4.79 Å². The predicted molar refractivity (Wildman–Crippen MR) is 91.7 cm³/mol. The third-order valence-electron chi connectivity index (χ3n) is 4.28. The zero-order valence-corrected chi connectivity index (χ0v) is 14.3. The van der Waals surface area contributed by atoms with Crippen LogP contribution in [0.25, 0.3) is 0 Å². The lowest BCUT2D eigenvalue weighted by Gasteiger charge is -2.42. The second-order valence-corrected chi connectivity index (χ2v) is 6.65. The quantitative estimate of drug-likeness (QED) is 0.818. The van der Waals surface area contributed by atoms with E-state index in [9.17, 15) is 4.79 Å². The normalized spacial score (nSPS) is 17.3. The van der Waals surface area contributed by atoms with E-state index in [0.717, 1.165) is 36.6 Å². The van der Waals surface area contributed by atoms with Gasteiger partial charge in [-0.05, 0) is 51.4 Å². The minimum Gasteiger partial charge on any atom is -0.381 e. The molecule has 1 fully saturated rings. The van der Waals surface area contributed by atoms with Gasteiger partial charge in [0.05, 0.1) is 0 Å². The van der Waals surface area contributed by atoms with E-state index in [0.29, 0.717) is 6.54 Å². The van der Waals surface area contributed by atoms with E-state index >= 15 is 0 Å². The molecule has 0 bridgehead atoms. The van der Waals surface area contributed by atoms with E-state index in [4.69, 9.17) is 4.74 Å². The van der Waals surface area contributed by atoms with Gasteiger partial charge in [0.2, 0.25) is 0 Å². The second kappa shape index (κ2) is 7.85. The average Bonchev–Trinajstić information content (AvgIpc) is 2.54. The number of rotatable bonds is 5. The highest BCUT2D eigenvalue weighted by Gasteiger charge is 2.35. The van der Waals surface area contributed by atoms with Crippen LogP contribution in [0.2, 0.25) is 0 Å². The second-order valence-electron chi connectivity index (χ2n) is 5.77. The van der Waals surface area contributed by atoms with Crippen molar-refractivity contribution in [3.05, 3.63) is 24.3 Å². The number of likely N-dealkylation sites (N-methyl/N-ethyl adjacent to an activating group) is 1. The SMILES string of the molecule is CSc1cccc(NC(=O)NCC2(N(C)C)CCOCC2)c1. The van der Waals surface area contributed by atoms with Gasteiger partial charge >= 0.3 is 6.03 Å². The number of hydrogen-bond donors (Lipinski definition) is 2. The number of anilines is 1. The average molecular weight is 323 g/mol. The first-order chi connectivity index (χ1) is 10.6. The van der Waals surface area contributed by atoms with Gasteiger partial charge in [-0.1, -0.05) is 6.07 Å². The maximum Gasteiger partial charge on any atom is 0.319 e. The molecule has 122 valence electrons. The first-order valence-electron chi connectivity index (χ1n) is 7.50. The maximum atomic E-state index is 12.1. The van der Waals surface area contributed by atoms with Crippen LogP contribution in [-0.2, 0) is 4.74 Å². The van der Waals surface area contributed by atoms with Crippen molar-refractivity contribution in [2.24, 2.45) is 0 Å². The van der Waals surface area contributed by atoms with Crippen molar-refractivity contribution in [1.82, 2.24) is 10.2 Å². The highest BCUT2D eigenvalue weighted by Crippen LogP contribution is 2.25. The smallest absolute Gasteiger partial charge is 0.319 e. The predicted octanol–water partition coefficient (Wildman–Crippen LogP) is 2.64. The van der Waals surface area contributed by atoms with Crippen molar-refractivity contribution < 1.29 is 9.53 Å². The topological polar surface area (TPSA) is 53.6 Å². The molecular formula is C16H25N3O2S. The highest BCUT2D eigenvalue weighted by atomic mass is 32.2. The van der Waals surface area contributed by atoms with Crippen molar-refractivity contribution >= 4 is 23.5 Å². The van der Waals surface area contributed by atoms with Crippen LogP contribution >= 0.6 is 11.8 Å². The first-order valence-corrected chi connectivity index (χ1v) is 8.72. The molecule has 6 heteroatoms. The van der Waals surface area contributed by atoms with E-state index < -0.39 is 0 Å². The van der Waals surface area contributed by atoms with Crippen LogP contribution in [0.4, 0.5) is 10.5 Å². The van der Waals surface area contributed by atoms with Gasteiger partial charge in [-0.15, -0.1) is 11.8 Å². The Labute approximate surface area is 136 Å². The van der Waals surface area contributed by atoms with E-state index in [2.05, 4.69) is 29.6 Å². The van der Waals surface area contributed by atoms with Crippen LogP contribution in [0.5, 0.6) is 0 Å². The molecule has 1 saturated heterocycles. The lowest BCUT2D eigenvalue weighted by molar-refractivity contribution is -0.00553. The summed E-state index contributed by atoms with van der Waals surface area (Å²) in [6.07, 6.45) is 3.88. The van der Waals surface area contributed by atoms with Gasteiger partial charge in [-0.2, -0.15) is 0 Å². The van der Waals surface area contributed by atoms with Gasteiger partial charge in [0, 0.05) is 35.9 Å². The van der Waals surface area contributed by atoms with E-state index in [1.54, 1.807) is 11.8 Å². The Morgan fingerprint density at radius 3 is 2.73 bits per heavy atom. The van der Waals surface area contributed by atoms with Crippen LogP contribution in [0.3, 0.4) is 0 Å². The number of hydrogen-bond acceptors (Lipinski definition) is 4. The van der Waals surface area contributed by atoms with Gasteiger partial charge in [0.1, 0.15) is 0 Å². The Kier molecular flexibility index (Phi) is 6.11. The molecule has 0 atom stereocenters. The van der Waals surface area contributed by atoms with Crippen LogP contribution in [0.15, 0.2) is 29.2 Å². The number of ether oxygens (including phenoxy) is 1. The van der Waals surface area contributed by atoms with Crippen molar-refractivity contribution in [1.29, 1.82) is 0 Å². The number of urea groups is 1. The van der Waals surface area contributed by atoms with Crippen LogP contribution in [0, 0.1) is 0 Å². The molecule has 22 heavy (non-hydrogen) atoms. The largest absolute Gasteiger partial charge is 0.381 e. The van der Waals surface area contributed by atoms with Gasteiger partial charge in [0.25, 0.3) is 0 Å². The molecule has 0 radical (unpaired) electrons. The Morgan fingerprint density at radius 2 is 2.09 bits per heavy atom. The molecule has 0 saturated carbocycles. The molecule has 2 N–H and O–H groups in total. The fourth-order valence-electron chi connectivity index (χ4n) is 2.65. The molecule has 1 heterocycles. The summed E-state index contributed by atoms with van der Waals surface area (Å²) in [5.74, 6) is 0. The summed E-state index contributed by atoms with van der Waals surface area (Å²) in [6, 6.07) is 7.68. The fourth-order valence-corrected chi connectivity index (χ4v) is 3.11. The van der Waals surface area contributed by atoms with Crippen LogP contribution in [0.1, 0.15) is 12.8 Å². The number of nitrogens with one attached hydrogen (secondary N) is 2. The van der Waals surface area contributed by atoms with Gasteiger partial charge < -0.3 is 20.3 Å². The van der Waals surface area contributed by atoms with Gasteiger partial charge in [0.15, 0.2) is 0 Å². The molecule has 0 unspecified atom stereocenters. The molecule has 1 aromatic rings. The van der Waals surface area contributed by atoms with Crippen LogP contribution < -0.4 is 10.6 Å². The van der Waals surface area contributed by atoms with Crippen molar-refractivity contribution in [3.63, 3.8) is 0 Å². The highest BCUT2D eigenvalue weighted by molar-refractivity contribution is 7.98. The summed E-state index contributed by atoms with van der Waals surface area (Å²) in [6.45, 7) is 2.12. The Hall–Kier alpha value is -1.24. The molecule has 1 aliphatic rings. The zero-order chi connectivity index (χ0) is 16.0. The summed E-state index contributed by atoms with van der Waals surface area (Å²) in [5.41, 5.74) is 0.798. The number of carbonyl (C=O) groups excluding carboxylic acids is 1. The summed E-state index contributed by atoms with van der Waals surface area (Å²) < 4.78 is 5.45. The minimum atomic E-state index is -0.161. The minimum absolute atomic E-state index is 0.0172. The number of carbonyl (C=O) groups is 1. The molecule has 2 amide bonds. The molecule has 0 aromatic heterocycles. The first kappa shape index (κ1) is 17.1. The molecule has 1 aromatic carbocycles. The number of thioether (sulfide) groups is 1. The molecule has 5 nitrogen and oxygen atoms in total.